The van der Waals surface area contributed by atoms with Crippen LogP contribution in [0.25, 0.3) is 11.1 Å². The number of aromatic hydroxyl groups is 3. The van der Waals surface area contributed by atoms with Crippen LogP contribution in [0.2, 0.25) is 10.0 Å². The van der Waals surface area contributed by atoms with Gasteiger partial charge in [0.05, 0.1) is 41.3 Å². The number of primary amides is 1. The number of aliphatic hydroxyl groups is 6. The third-order valence-corrected chi connectivity index (χ3v) is 18.1. The van der Waals surface area contributed by atoms with Crippen LogP contribution in [0.5, 0.6) is 46.0 Å². The number of hydrogen-bond donors (Lipinski definition) is 19. The third-order valence-electron chi connectivity index (χ3n) is 17.5. The number of aliphatic carboxylic acids is 1. The number of halogens is 3. The fourth-order valence-electron chi connectivity index (χ4n) is 12.3. The van der Waals surface area contributed by atoms with E-state index in [0.29, 0.717) is 0 Å². The molecule has 12 rings (SSSR count). The second-order valence-electron chi connectivity index (χ2n) is 25.5. The smallest absolute Gasteiger partial charge is 0.330 e. The van der Waals surface area contributed by atoms with Crippen molar-refractivity contribution in [2.75, 3.05) is 6.61 Å². The number of fused-ring (bicyclic) bond motifs is 15. The molecule has 36 heteroatoms. The van der Waals surface area contributed by atoms with Crippen LogP contribution in [0.1, 0.15) is 105 Å². The Morgan fingerprint density at radius 3 is 1.89 bits per heavy atom. The molecule has 0 saturated carbocycles. The van der Waals surface area contributed by atoms with Gasteiger partial charge in [-0.1, -0.05) is 55.2 Å². The van der Waals surface area contributed by atoms with Gasteiger partial charge in [0, 0.05) is 34.7 Å². The van der Waals surface area contributed by atoms with E-state index in [2.05, 4.69) is 31.9 Å². The predicted octanol–water partition coefficient (Wildman–Crippen LogP) is 0.267. The minimum Gasteiger partial charge on any atom is -0.508 e. The highest BCUT2D eigenvalue weighted by molar-refractivity contribution is 6.32. The maximum Gasteiger partial charge on any atom is 0.330 e. The summed E-state index contributed by atoms with van der Waals surface area (Å²) in [6.07, 6.45) is -18.8. The summed E-state index contributed by atoms with van der Waals surface area (Å²) in [5, 5.41) is 127. The van der Waals surface area contributed by atoms with Crippen molar-refractivity contribution < 1.29 is 118 Å². The van der Waals surface area contributed by atoms with Crippen LogP contribution in [0, 0.1) is 5.92 Å². The summed E-state index contributed by atoms with van der Waals surface area (Å²) in [6.45, 7) is 5.53. The maximum absolute atomic E-state index is 16.0. The Balaban J connectivity index is 0.0000119. The van der Waals surface area contributed by atoms with Gasteiger partial charge in [-0.2, -0.15) is 0 Å². The van der Waals surface area contributed by atoms with Crippen LogP contribution in [0.3, 0.4) is 0 Å². The number of amides is 7. The van der Waals surface area contributed by atoms with E-state index in [9.17, 15) is 75.0 Å². The van der Waals surface area contributed by atoms with Gasteiger partial charge in [0.15, 0.2) is 29.9 Å². The van der Waals surface area contributed by atoms with Crippen molar-refractivity contribution in [3.8, 4) is 57.1 Å². The topological polar surface area (TPSA) is 544 Å². The summed E-state index contributed by atoms with van der Waals surface area (Å²) in [5.74, 6) is -16.3. The van der Waals surface area contributed by atoms with Gasteiger partial charge in [-0.25, -0.2) is 4.79 Å². The Morgan fingerprint density at radius 1 is 0.713 bits per heavy atom. The molecule has 544 valence electrons. The van der Waals surface area contributed by atoms with E-state index in [0.717, 1.165) is 66.7 Å². The molecule has 0 aromatic heterocycles. The molecule has 0 aliphatic carbocycles. The number of benzene rings is 5. The number of aliphatic hydroxyl groups excluding tert-OH is 6. The minimum atomic E-state index is -2.35. The van der Waals surface area contributed by atoms with Gasteiger partial charge in [-0.05, 0) is 103 Å². The van der Waals surface area contributed by atoms with E-state index in [1.165, 1.54) is 26.0 Å². The van der Waals surface area contributed by atoms with Crippen LogP contribution in [-0.2, 0) is 52.6 Å². The summed E-state index contributed by atoms with van der Waals surface area (Å²) in [5.41, 5.74) is 14.1. The number of carboxylic acids is 1. The van der Waals surface area contributed by atoms with Crippen molar-refractivity contribution in [3.63, 3.8) is 0 Å². The average molecular weight is 1470 g/mol. The number of carbonyl (C=O) groups is 8. The molecule has 5 aromatic rings. The molecule has 0 radical (unpaired) electrons. The number of carboxylic acid groups (broad SMARTS) is 1. The maximum atomic E-state index is 16.0. The zero-order chi connectivity index (χ0) is 72.8. The largest absolute Gasteiger partial charge is 0.508 e. The molecule has 7 heterocycles. The molecule has 7 aliphatic rings. The van der Waals surface area contributed by atoms with E-state index in [1.807, 2.05) is 0 Å². The van der Waals surface area contributed by atoms with Crippen molar-refractivity contribution in [2.24, 2.45) is 23.1 Å². The lowest BCUT2D eigenvalue weighted by molar-refractivity contribution is -0.333. The van der Waals surface area contributed by atoms with E-state index < -0.39 is 237 Å². The SMILES string of the molecule is CC(C)C[C@@H](N)C(=O)N[C@H]1C(=O)N[C@@H](CC(N)=O)C(=O)N[C@H]2C(=O)N[C@H]3C(=O)N[C@H](C(=O)N[C@H](C(=O)O)c4cc(O)cc(O)c4-c4cc3ccc4O)[C@H](O)c3ccc(c(Cl)c3)Oc3cc2cc(c3O[C@@H]2O[C@H](CO)[C@@H](O)[C@H](O)[C@H]2O[C@H]2C[C@](C)(N)[C@H](O)[C@H](C)O2)Oc2ccc(cc2Cl)[C@H]1O.Cl. The molecule has 7 aliphatic heterocycles. The van der Waals surface area contributed by atoms with E-state index in [-0.39, 0.29) is 58.6 Å². The Labute approximate surface area is 589 Å². The van der Waals surface area contributed by atoms with Crippen LogP contribution < -0.4 is 63.3 Å². The Kier molecular flexibility index (Phi) is 23.2. The van der Waals surface area contributed by atoms with Crippen LogP contribution in [0.4, 0.5) is 0 Å². The van der Waals surface area contributed by atoms with Crippen molar-refractivity contribution in [3.05, 3.63) is 117 Å². The third kappa shape index (κ3) is 16.2. The molecule has 5 aromatic carbocycles. The quantitative estimate of drug-likeness (QED) is 0.0797. The highest BCUT2D eigenvalue weighted by atomic mass is 35.5. The summed E-state index contributed by atoms with van der Waals surface area (Å²) in [6, 6.07) is -1.18. The number of nitrogens with two attached hydrogens (primary N) is 3. The summed E-state index contributed by atoms with van der Waals surface area (Å²) < 4.78 is 38.2. The molecule has 0 unspecified atom stereocenters. The second-order valence-corrected chi connectivity index (χ2v) is 26.3. The molecular weight excluding hydrogens is 1400 g/mol. The highest BCUT2D eigenvalue weighted by Crippen LogP contribution is 2.50. The summed E-state index contributed by atoms with van der Waals surface area (Å²) in [4.78, 5) is 116. The molecule has 0 spiro atoms. The number of phenols is 3. The molecule has 33 nitrogen and oxygen atoms in total. The number of carbonyl (C=O) groups excluding carboxylic acids is 7. The predicted molar refractivity (Wildman–Crippen MR) is 352 cm³/mol. The van der Waals surface area contributed by atoms with Gasteiger partial charge in [-0.3, -0.25) is 33.6 Å². The zero-order valence-corrected chi connectivity index (χ0v) is 56.1. The molecule has 18 atom stereocenters. The first-order valence-electron chi connectivity index (χ1n) is 31.2. The van der Waals surface area contributed by atoms with E-state index >= 15 is 14.4 Å². The first-order valence-corrected chi connectivity index (χ1v) is 31.9. The van der Waals surface area contributed by atoms with Crippen LogP contribution in [-0.4, -0.2) is 184 Å². The lowest BCUT2D eigenvalue weighted by Gasteiger charge is -2.47. The van der Waals surface area contributed by atoms with Crippen molar-refractivity contribution in [1.29, 1.82) is 0 Å². The Hall–Kier alpha value is -8.91. The highest BCUT2D eigenvalue weighted by Gasteiger charge is 2.51. The fraction of sp³-hybridized carbons (Fsp3) is 0.415. The standard InChI is InChI=1S/C65H73Cl2N9O24.ClH/c1-22(2)11-33(68)57(87)75-48-50(82)25-6-9-37(31(66)13-25)96-39-15-27-16-40(54(39)100-64-55(53(85)52(84)41(21-77)98-64)99-43-20-65(4,70)56(86)23(3)95-43)97-38-10-7-26(14-32(38)67)51(83)49-62(92)74-47(63(93)94)30-17-28(78)18-36(80)44(30)29-12-24(5-8-35(29)79)45(59(89)76-49)73-60(90)46(27)72-58(88)34(19-42(69)81)71-61(48)91;/h5-10,12-18,22-23,33-34,41,43,45-53,55-56,64,77-80,82-86H,11,19-21,68,70H2,1-4H3,(H2,69,81)(H,71,91)(H,72,88)(H,73,90)(H,74,92)(H,75,87)(H,76,89)(H,93,94);1H/t23-,33+,34-,41+,43-,45+,46+,47-,48+,49-,50+,51+,52+,53-,55+,56+,64-,65-;/m0./s1. The molecule has 101 heavy (non-hydrogen) atoms. The average Bonchev–Trinajstić information content (AvgIpc) is 0.769. The Morgan fingerprint density at radius 2 is 1.31 bits per heavy atom. The van der Waals surface area contributed by atoms with Crippen molar-refractivity contribution >= 4 is 82.9 Å². The van der Waals surface area contributed by atoms with Gasteiger partial charge >= 0.3 is 5.97 Å². The normalized spacial score (nSPS) is 29.3. The zero-order valence-electron chi connectivity index (χ0n) is 53.8. The number of nitrogens with one attached hydrogen (secondary N) is 6. The fourth-order valence-corrected chi connectivity index (χ4v) is 12.7. The summed E-state index contributed by atoms with van der Waals surface area (Å²) >= 11 is 14.1. The van der Waals surface area contributed by atoms with Crippen LogP contribution >= 0.6 is 35.6 Å². The molecule has 7 amide bonds. The monoisotopic (exact) mass is 1470 g/mol. The van der Waals surface area contributed by atoms with Gasteiger partial charge in [-0.15, -0.1) is 12.4 Å². The molecule has 2 saturated heterocycles. The summed E-state index contributed by atoms with van der Waals surface area (Å²) in [7, 11) is 0. The molecular formula is C65H74Cl3N9O24. The van der Waals surface area contributed by atoms with Gasteiger partial charge in [0.25, 0.3) is 0 Å². The lowest BCUT2D eigenvalue weighted by atomic mass is 9.86. The van der Waals surface area contributed by atoms with Gasteiger partial charge in [0.2, 0.25) is 53.4 Å². The van der Waals surface area contributed by atoms with Crippen molar-refractivity contribution in [2.45, 2.75) is 156 Å². The first-order chi connectivity index (χ1) is 47.1. The first kappa shape index (κ1) is 76.3. The lowest BCUT2D eigenvalue weighted by Crippen LogP contribution is -2.64. The second kappa shape index (κ2) is 30.7. The number of phenolic OH excluding ortho intramolecular Hbond substituents is 3. The molecule has 2 fully saturated rings. The van der Waals surface area contributed by atoms with Gasteiger partial charge < -0.3 is 129 Å². The number of rotatable bonds is 12. The number of hydrogen-bond acceptors (Lipinski definition) is 25. The van der Waals surface area contributed by atoms with Crippen LogP contribution in [0.15, 0.2) is 78.9 Å². The van der Waals surface area contributed by atoms with Crippen molar-refractivity contribution in [1.82, 2.24) is 31.9 Å². The van der Waals surface area contributed by atoms with E-state index in [4.69, 9.17) is 68.8 Å². The molecule has 22 N–H and O–H groups in total. The minimum absolute atomic E-state index is 0. The number of ether oxygens (including phenoxy) is 6. The van der Waals surface area contributed by atoms with Gasteiger partial charge in [0.1, 0.15) is 89.5 Å². The molecule has 11 bridgehead atoms. The Bertz CT molecular complexity index is 4060. The van der Waals surface area contributed by atoms with E-state index in [1.54, 1.807) is 13.8 Å².